The summed E-state index contributed by atoms with van der Waals surface area (Å²) in [5.74, 6) is 0. The van der Waals surface area contributed by atoms with Crippen LogP contribution in [0.4, 0.5) is 4.79 Å². The molecule has 0 bridgehead atoms. The van der Waals surface area contributed by atoms with Crippen LogP contribution in [0.15, 0.2) is 36.5 Å². The molecule has 2 N–H and O–H groups in total. The molecule has 0 aliphatic carbocycles. The van der Waals surface area contributed by atoms with Gasteiger partial charge in [0.05, 0.1) is 31.5 Å². The van der Waals surface area contributed by atoms with E-state index >= 15 is 0 Å². The predicted molar refractivity (Wildman–Crippen MR) is 101 cm³/mol. The molecule has 0 spiro atoms. The Morgan fingerprint density at radius 1 is 1.15 bits per heavy atom. The van der Waals surface area contributed by atoms with Crippen molar-refractivity contribution in [2.24, 2.45) is 0 Å². The van der Waals surface area contributed by atoms with Gasteiger partial charge in [-0.1, -0.05) is 30.3 Å². The molecule has 144 valence electrons. The lowest BCUT2D eigenvalue weighted by Crippen LogP contribution is -2.42. The summed E-state index contributed by atoms with van der Waals surface area (Å²) in [6.07, 6.45) is 4.95. The predicted octanol–water partition coefficient (Wildman–Crippen LogP) is 2.02. The van der Waals surface area contributed by atoms with Crippen LogP contribution in [-0.2, 0) is 22.4 Å². The molecule has 2 amide bonds. The number of nitrogens with one attached hydrogen (secondary N) is 2. The third kappa shape index (κ3) is 4.67. The SMILES string of the molecule is O=C(NC[C@@H]1CCCO1)NC[C@H]1OCCc2cn(Cc3ccccc3)nc21. The normalized spacial score (nSPS) is 21.6. The van der Waals surface area contributed by atoms with Crippen molar-refractivity contribution >= 4 is 6.03 Å². The second-order valence-electron chi connectivity index (χ2n) is 7.06. The summed E-state index contributed by atoms with van der Waals surface area (Å²) in [7, 11) is 0. The van der Waals surface area contributed by atoms with E-state index in [1.807, 2.05) is 22.9 Å². The van der Waals surface area contributed by atoms with Gasteiger partial charge in [0.15, 0.2) is 0 Å². The van der Waals surface area contributed by atoms with E-state index in [2.05, 4.69) is 29.0 Å². The zero-order chi connectivity index (χ0) is 18.5. The number of hydrogen-bond acceptors (Lipinski definition) is 4. The number of aromatic nitrogens is 2. The van der Waals surface area contributed by atoms with Gasteiger partial charge >= 0.3 is 6.03 Å². The highest BCUT2D eigenvalue weighted by Gasteiger charge is 2.25. The van der Waals surface area contributed by atoms with E-state index in [4.69, 9.17) is 14.6 Å². The molecule has 2 atom stereocenters. The van der Waals surface area contributed by atoms with Crippen LogP contribution >= 0.6 is 0 Å². The number of benzene rings is 1. The van der Waals surface area contributed by atoms with Crippen LogP contribution in [0.2, 0.25) is 0 Å². The Morgan fingerprint density at radius 3 is 2.81 bits per heavy atom. The van der Waals surface area contributed by atoms with Gasteiger partial charge in [0.2, 0.25) is 0 Å². The molecular weight excluding hydrogens is 344 g/mol. The Hall–Kier alpha value is -2.38. The number of fused-ring (bicyclic) bond motifs is 1. The molecule has 2 aliphatic rings. The smallest absolute Gasteiger partial charge is 0.314 e. The highest BCUT2D eigenvalue weighted by Crippen LogP contribution is 2.25. The average Bonchev–Trinajstić information content (AvgIpc) is 3.35. The third-order valence-corrected chi connectivity index (χ3v) is 5.02. The van der Waals surface area contributed by atoms with E-state index in [9.17, 15) is 4.79 Å². The molecule has 2 aliphatic heterocycles. The summed E-state index contributed by atoms with van der Waals surface area (Å²) in [4.78, 5) is 12.0. The van der Waals surface area contributed by atoms with Gasteiger partial charge in [0, 0.05) is 19.3 Å². The molecule has 1 fully saturated rings. The van der Waals surface area contributed by atoms with Crippen molar-refractivity contribution in [1.29, 1.82) is 0 Å². The van der Waals surface area contributed by atoms with Crippen molar-refractivity contribution < 1.29 is 14.3 Å². The largest absolute Gasteiger partial charge is 0.376 e. The second-order valence-corrected chi connectivity index (χ2v) is 7.06. The van der Waals surface area contributed by atoms with Crippen molar-refractivity contribution in [3.8, 4) is 0 Å². The number of hydrogen-bond donors (Lipinski definition) is 2. The van der Waals surface area contributed by atoms with Gasteiger partial charge in [-0.25, -0.2) is 4.79 Å². The van der Waals surface area contributed by atoms with Crippen molar-refractivity contribution in [3.05, 3.63) is 53.3 Å². The summed E-state index contributed by atoms with van der Waals surface area (Å²) in [5.41, 5.74) is 3.34. The molecule has 2 aromatic rings. The minimum Gasteiger partial charge on any atom is -0.376 e. The van der Waals surface area contributed by atoms with Gasteiger partial charge < -0.3 is 20.1 Å². The molecule has 1 aromatic carbocycles. The Labute approximate surface area is 159 Å². The first-order valence-corrected chi connectivity index (χ1v) is 9.63. The maximum atomic E-state index is 12.0. The van der Waals surface area contributed by atoms with Crippen LogP contribution in [0.1, 0.15) is 35.8 Å². The molecular formula is C20H26N4O3. The first-order chi connectivity index (χ1) is 13.3. The summed E-state index contributed by atoms with van der Waals surface area (Å²) < 4.78 is 13.3. The maximum absolute atomic E-state index is 12.0. The molecule has 3 heterocycles. The minimum absolute atomic E-state index is 0.141. The fourth-order valence-electron chi connectivity index (χ4n) is 3.60. The highest BCUT2D eigenvalue weighted by atomic mass is 16.5. The van der Waals surface area contributed by atoms with Gasteiger partial charge in [-0.2, -0.15) is 5.10 Å². The number of urea groups is 1. The van der Waals surface area contributed by atoms with Crippen LogP contribution in [0.3, 0.4) is 0 Å². The van der Waals surface area contributed by atoms with Gasteiger partial charge in [0.1, 0.15) is 6.10 Å². The molecule has 0 unspecified atom stereocenters. The number of nitrogens with zero attached hydrogens (tertiary/aromatic N) is 2. The topological polar surface area (TPSA) is 77.4 Å². The van der Waals surface area contributed by atoms with E-state index in [0.717, 1.165) is 38.1 Å². The monoisotopic (exact) mass is 370 g/mol. The van der Waals surface area contributed by atoms with Gasteiger partial charge in [-0.05, 0) is 30.4 Å². The van der Waals surface area contributed by atoms with Gasteiger partial charge in [-0.15, -0.1) is 0 Å². The number of rotatable bonds is 6. The van der Waals surface area contributed by atoms with Crippen molar-refractivity contribution in [2.45, 2.75) is 38.0 Å². The lowest BCUT2D eigenvalue weighted by Gasteiger charge is -2.22. The molecule has 0 radical (unpaired) electrons. The Morgan fingerprint density at radius 2 is 2.00 bits per heavy atom. The standard InChI is InChI=1S/C20H26N4O3/c25-20(21-11-17-7-4-9-26-17)22-12-18-19-16(8-10-27-18)14-24(23-19)13-15-5-2-1-3-6-15/h1-3,5-6,14,17-18H,4,7-13H2,(H2,21,22,25)/t17-,18+/m0/s1. The van der Waals surface area contributed by atoms with Crippen molar-refractivity contribution in [1.82, 2.24) is 20.4 Å². The summed E-state index contributed by atoms with van der Waals surface area (Å²) in [5, 5.41) is 10.5. The van der Waals surface area contributed by atoms with Crippen LogP contribution < -0.4 is 10.6 Å². The zero-order valence-corrected chi connectivity index (χ0v) is 15.4. The summed E-state index contributed by atoms with van der Waals surface area (Å²) in [6.45, 7) is 3.13. The Balaban J connectivity index is 1.31. The number of ether oxygens (including phenoxy) is 2. The number of carbonyl (C=O) groups is 1. The maximum Gasteiger partial charge on any atom is 0.314 e. The Bertz CT molecular complexity index is 756. The average molecular weight is 370 g/mol. The summed E-state index contributed by atoms with van der Waals surface area (Å²) >= 11 is 0. The lowest BCUT2D eigenvalue weighted by atomic mass is 10.1. The fourth-order valence-corrected chi connectivity index (χ4v) is 3.60. The van der Waals surface area contributed by atoms with E-state index in [0.29, 0.717) is 19.7 Å². The summed E-state index contributed by atoms with van der Waals surface area (Å²) in [6, 6.07) is 10.1. The van der Waals surface area contributed by atoms with E-state index in [1.165, 1.54) is 11.1 Å². The first kappa shape index (κ1) is 18.0. The molecule has 1 aromatic heterocycles. The van der Waals surface area contributed by atoms with E-state index < -0.39 is 0 Å². The molecule has 7 heteroatoms. The van der Waals surface area contributed by atoms with Crippen LogP contribution in [-0.4, -0.2) is 48.2 Å². The van der Waals surface area contributed by atoms with Crippen LogP contribution in [0.25, 0.3) is 0 Å². The third-order valence-electron chi connectivity index (χ3n) is 5.02. The van der Waals surface area contributed by atoms with E-state index in [-0.39, 0.29) is 18.2 Å². The van der Waals surface area contributed by atoms with E-state index in [1.54, 1.807) is 0 Å². The first-order valence-electron chi connectivity index (χ1n) is 9.63. The van der Waals surface area contributed by atoms with Crippen LogP contribution in [0, 0.1) is 0 Å². The number of carbonyl (C=O) groups excluding carboxylic acids is 1. The minimum atomic E-state index is -0.209. The quantitative estimate of drug-likeness (QED) is 0.816. The van der Waals surface area contributed by atoms with Gasteiger partial charge in [-0.3, -0.25) is 4.68 Å². The highest BCUT2D eigenvalue weighted by molar-refractivity contribution is 5.73. The van der Waals surface area contributed by atoms with Crippen molar-refractivity contribution in [3.63, 3.8) is 0 Å². The second kappa shape index (κ2) is 8.54. The molecule has 27 heavy (non-hydrogen) atoms. The van der Waals surface area contributed by atoms with Crippen LogP contribution in [0.5, 0.6) is 0 Å². The number of amides is 2. The van der Waals surface area contributed by atoms with Crippen molar-refractivity contribution in [2.75, 3.05) is 26.3 Å². The lowest BCUT2D eigenvalue weighted by molar-refractivity contribution is 0.0410. The molecule has 1 saturated heterocycles. The Kier molecular flexibility index (Phi) is 5.69. The molecule has 4 rings (SSSR count). The molecule has 0 saturated carbocycles. The van der Waals surface area contributed by atoms with Gasteiger partial charge in [0.25, 0.3) is 0 Å². The molecule has 7 nitrogen and oxygen atoms in total. The zero-order valence-electron chi connectivity index (χ0n) is 15.4. The fraction of sp³-hybridized carbons (Fsp3) is 0.500.